The molecule has 12 rings (SSSR count). The predicted molar refractivity (Wildman–Crippen MR) is 429 cm³/mol. The van der Waals surface area contributed by atoms with Gasteiger partial charge < -0.3 is 70.1 Å². The number of carbonyl (C=O) groups excluding carboxylic acids is 7. The van der Waals surface area contributed by atoms with Crippen molar-refractivity contribution >= 4 is 116 Å². The van der Waals surface area contributed by atoms with Crippen molar-refractivity contribution in [1.82, 2.24) is 45.0 Å². The molecule has 3 saturated heterocycles. The molecule has 3 aliphatic heterocycles. The Balaban J connectivity index is 0.000000193. The number of aromatic carboxylic acids is 1. The van der Waals surface area contributed by atoms with Crippen LogP contribution in [0, 0.1) is 0 Å². The maximum Gasteiger partial charge on any atom is 1.00 e. The molecule has 3 aliphatic rings. The van der Waals surface area contributed by atoms with Crippen LogP contribution >= 0.6 is 34.0 Å². The number of hydrogen-bond acceptors (Lipinski definition) is 27. The molecule has 6 aromatic heterocycles. The van der Waals surface area contributed by atoms with Gasteiger partial charge in [0.2, 0.25) is 11.6 Å². The average Bonchev–Trinajstić information content (AvgIpc) is 1.25. The first kappa shape index (κ1) is 86.0. The summed E-state index contributed by atoms with van der Waals surface area (Å²) in [6.07, 6.45) is 8.06. The van der Waals surface area contributed by atoms with Crippen LogP contribution in [-0.4, -0.2) is 183 Å². The molecular weight excluding hydrogens is 1470 g/mol. The molecule has 28 nitrogen and oxygen atoms in total. The minimum atomic E-state index is -1.40. The first-order valence-electron chi connectivity index (χ1n) is 35.8. The molecular formula is C79H95LiN16O12S3. The molecule has 9 aromatic rings. The maximum absolute atomic E-state index is 13.3. The number of nitrogen functional groups attached to an aromatic ring is 2. The topological polar surface area (TPSA) is 361 Å². The Bertz CT molecular complexity index is 4570. The van der Waals surface area contributed by atoms with Crippen LogP contribution in [0.3, 0.4) is 0 Å². The summed E-state index contributed by atoms with van der Waals surface area (Å²) in [6, 6.07) is 29.0. The zero-order valence-corrected chi connectivity index (χ0v) is 67.4. The van der Waals surface area contributed by atoms with E-state index < -0.39 is 40.6 Å². The average molecular weight is 1560 g/mol. The van der Waals surface area contributed by atoms with Gasteiger partial charge in [0.1, 0.15) is 28.4 Å². The molecule has 3 fully saturated rings. The second-order valence-electron chi connectivity index (χ2n) is 29.7. The van der Waals surface area contributed by atoms with Crippen molar-refractivity contribution < 1.29 is 76.5 Å². The van der Waals surface area contributed by atoms with Gasteiger partial charge >= 0.3 is 43.2 Å². The van der Waals surface area contributed by atoms with Crippen molar-refractivity contribution in [2.24, 2.45) is 0 Å². The standard InChI is InChI=1S/C30H37N5O5S.C20H21N5OS.C15H18N2O2S.C14H20N4O4.Li/c1-29(2,3)39-27(37)33-23-10-9-20(25-8-7-15-41-25)16-21(23)17-24(36)26-31-18-22(19-32-26)34-11-13-35(14-12-34)28(38)40-30(4,5)6;21-17-4-3-14(19-2-1-9-27-19)10-15(17)11-18(26)20-23-12-16(13-24-20)25-7-5-22-6-8-25;1-15(2,3)19-14(18)17-12-7-6-10(9-11(12)16)13-5-4-8-20-13;1-14(2,3)22-13(21)18-6-4-17(5-7-18)10-8-15-11(12(19)20)16-9-10;/h7-10,15-16,18-19H,11-14,17H2,1-6H3,(H,33,37);1-4,9-10,12-13,22H,5-8,11,21H2;4-9H,16H2,1-3H3,(H,17,18);8-9H,4-7H2,1-3H3,(H,19,20);/q;;;;+1/p-1. The Morgan fingerprint density at radius 2 is 0.775 bits per heavy atom. The van der Waals surface area contributed by atoms with Crippen molar-refractivity contribution in [3.63, 3.8) is 0 Å². The maximum atomic E-state index is 13.3. The van der Waals surface area contributed by atoms with Crippen molar-refractivity contribution in [2.45, 2.75) is 118 Å². The van der Waals surface area contributed by atoms with Gasteiger partial charge in [-0.25, -0.2) is 49.1 Å². The fraction of sp³-hybridized carbons (Fsp3) is 0.380. The molecule has 0 unspecified atom stereocenters. The van der Waals surface area contributed by atoms with Gasteiger partial charge in [0, 0.05) is 117 Å². The molecule has 582 valence electrons. The number of ketones is 2. The SMILES string of the molecule is CC(C)(C)OC(=O)N1CCN(c2cnc(C(=O)[O-])nc2)CC1.CC(C)(C)OC(=O)Nc1ccc(-c2cccs2)cc1CC(=O)c1ncc(N2CCN(C(=O)OC(C)(C)C)CC2)cn1.CC(C)(C)OC(=O)Nc1ccc(-c2cccs2)cc1N.Nc1ccc(-c2cccs2)cc1CC(=O)c1ncc(N2CCNCC2)cn1.[Li+]. The van der Waals surface area contributed by atoms with Crippen molar-refractivity contribution in [3.05, 3.63) is 173 Å². The number of piperazine rings is 3. The fourth-order valence-electron chi connectivity index (χ4n) is 11.1. The second kappa shape index (κ2) is 38.9. The largest absolute Gasteiger partial charge is 1.00 e. The van der Waals surface area contributed by atoms with E-state index in [2.05, 4.69) is 61.7 Å². The van der Waals surface area contributed by atoms with Gasteiger partial charge in [0.15, 0.2) is 17.5 Å². The number of benzene rings is 3. The molecule has 0 aliphatic carbocycles. The molecule has 0 spiro atoms. The van der Waals surface area contributed by atoms with Gasteiger partial charge in [0.05, 0.1) is 65.6 Å². The number of amides is 4. The van der Waals surface area contributed by atoms with Crippen LogP contribution in [0.25, 0.3) is 31.3 Å². The van der Waals surface area contributed by atoms with E-state index in [0.717, 1.165) is 74.4 Å². The second-order valence-corrected chi connectivity index (χ2v) is 32.5. The molecule has 0 radical (unpaired) electrons. The first-order chi connectivity index (χ1) is 52.1. The monoisotopic (exact) mass is 1560 g/mol. The molecule has 3 aromatic carbocycles. The fourth-order valence-corrected chi connectivity index (χ4v) is 13.3. The van der Waals surface area contributed by atoms with Gasteiger partial charge in [-0.1, -0.05) is 36.4 Å². The molecule has 4 amide bonds. The van der Waals surface area contributed by atoms with Crippen molar-refractivity contribution in [2.75, 3.05) is 115 Å². The van der Waals surface area contributed by atoms with E-state index >= 15 is 0 Å². The molecule has 9 heterocycles. The zero-order chi connectivity index (χ0) is 79.5. The van der Waals surface area contributed by atoms with Crippen LogP contribution in [-0.2, 0) is 31.8 Å². The van der Waals surface area contributed by atoms with Crippen LogP contribution in [0.2, 0.25) is 0 Å². The van der Waals surface area contributed by atoms with E-state index in [4.69, 9.17) is 30.4 Å². The smallest absolute Gasteiger partial charge is 0.542 e. The molecule has 111 heavy (non-hydrogen) atoms. The number of nitrogens with two attached hydrogens (primary N) is 2. The van der Waals surface area contributed by atoms with E-state index in [-0.39, 0.29) is 72.9 Å². The number of aromatic nitrogens is 6. The summed E-state index contributed by atoms with van der Waals surface area (Å²) < 4.78 is 21.4. The minimum Gasteiger partial charge on any atom is -0.542 e. The molecule has 0 atom stereocenters. The molecule has 0 saturated carbocycles. The summed E-state index contributed by atoms with van der Waals surface area (Å²) in [6.45, 7) is 30.1. The van der Waals surface area contributed by atoms with Crippen LogP contribution in [0.4, 0.5) is 59.0 Å². The normalized spacial score (nSPS) is 13.7. The van der Waals surface area contributed by atoms with Crippen molar-refractivity contribution in [3.8, 4) is 31.3 Å². The minimum absolute atomic E-state index is 0. The third-order valence-corrected chi connectivity index (χ3v) is 19.1. The predicted octanol–water partition coefficient (Wildman–Crippen LogP) is 9.90. The van der Waals surface area contributed by atoms with Crippen LogP contribution in [0.1, 0.15) is 126 Å². The third kappa shape index (κ3) is 26.9. The van der Waals surface area contributed by atoms with E-state index in [1.165, 1.54) is 12.4 Å². The van der Waals surface area contributed by atoms with E-state index in [0.29, 0.717) is 86.4 Å². The van der Waals surface area contributed by atoms with Gasteiger partial charge in [-0.05, 0) is 182 Å². The Kier molecular flexibility index (Phi) is 30.1. The Hall–Kier alpha value is -10.6. The molecule has 32 heteroatoms. The number of rotatable bonds is 15. The number of nitrogens with one attached hydrogen (secondary N) is 3. The summed E-state index contributed by atoms with van der Waals surface area (Å²) in [4.78, 5) is 123. The number of ether oxygens (including phenoxy) is 4. The van der Waals surface area contributed by atoms with Gasteiger partial charge in [-0.2, -0.15) is 0 Å². The third-order valence-electron chi connectivity index (χ3n) is 16.4. The van der Waals surface area contributed by atoms with Gasteiger partial charge in [-0.15, -0.1) is 34.0 Å². The number of anilines is 7. The number of carboxylic acid groups (broad SMARTS) is 1. The Morgan fingerprint density at radius 3 is 1.14 bits per heavy atom. The number of Topliss-reactive ketones (excluding diaryl/α,β-unsaturated/α-hetero) is 2. The number of hydrogen-bond donors (Lipinski definition) is 5. The van der Waals surface area contributed by atoms with Crippen LogP contribution < -0.4 is 66.1 Å². The Labute approximate surface area is 670 Å². The van der Waals surface area contributed by atoms with Crippen LogP contribution in [0.5, 0.6) is 0 Å². The number of carbonyl (C=O) groups is 7. The first-order valence-corrected chi connectivity index (χ1v) is 38.4. The Morgan fingerprint density at radius 1 is 0.432 bits per heavy atom. The van der Waals surface area contributed by atoms with E-state index in [9.17, 15) is 38.7 Å². The quantitative estimate of drug-likeness (QED) is 0.0276. The number of carboxylic acids is 1. The van der Waals surface area contributed by atoms with Gasteiger partial charge in [-0.3, -0.25) is 20.2 Å². The summed E-state index contributed by atoms with van der Waals surface area (Å²) >= 11 is 4.90. The molecule has 0 bridgehead atoms. The van der Waals surface area contributed by atoms with Gasteiger partial charge in [0.25, 0.3) is 0 Å². The van der Waals surface area contributed by atoms with E-state index in [1.54, 1.807) is 102 Å². The summed E-state index contributed by atoms with van der Waals surface area (Å²) in [7, 11) is 0. The van der Waals surface area contributed by atoms with Crippen LogP contribution in [0.15, 0.2) is 144 Å². The summed E-state index contributed by atoms with van der Waals surface area (Å²) in [5.41, 5.74) is 18.9. The molecule has 7 N–H and O–H groups in total. The van der Waals surface area contributed by atoms with Crippen molar-refractivity contribution in [1.29, 1.82) is 0 Å². The number of thiophene rings is 3. The van der Waals surface area contributed by atoms with E-state index in [1.807, 2.05) is 156 Å². The zero-order valence-electron chi connectivity index (χ0n) is 65.0. The summed E-state index contributed by atoms with van der Waals surface area (Å²) in [5.74, 6) is -1.82. The number of nitrogens with zero attached hydrogens (tertiary/aromatic N) is 11. The summed E-state index contributed by atoms with van der Waals surface area (Å²) in [5, 5.41) is 25.4.